The van der Waals surface area contributed by atoms with Gasteiger partial charge in [0.25, 0.3) is 5.91 Å². The first-order valence-electron chi connectivity index (χ1n) is 7.57. The number of carbonyl (C=O) groups excluding carboxylic acids is 1. The molecule has 0 unspecified atom stereocenters. The molecule has 0 radical (unpaired) electrons. The third kappa shape index (κ3) is 2.73. The van der Waals surface area contributed by atoms with E-state index >= 15 is 0 Å². The second-order valence-corrected chi connectivity index (χ2v) is 5.74. The molecule has 22 heavy (non-hydrogen) atoms. The molecule has 1 aromatic heterocycles. The quantitative estimate of drug-likeness (QED) is 0.857. The van der Waals surface area contributed by atoms with E-state index in [1.807, 2.05) is 4.90 Å². The minimum absolute atomic E-state index is 0.0712. The van der Waals surface area contributed by atoms with Gasteiger partial charge in [-0.15, -0.1) is 5.10 Å². The summed E-state index contributed by atoms with van der Waals surface area (Å²) < 4.78 is 13.0. The fourth-order valence-electron chi connectivity index (χ4n) is 2.80. The first kappa shape index (κ1) is 14.7. The van der Waals surface area contributed by atoms with E-state index in [-0.39, 0.29) is 17.8 Å². The van der Waals surface area contributed by atoms with E-state index in [1.165, 1.54) is 16.9 Å². The van der Waals surface area contributed by atoms with Crippen LogP contribution in [0.2, 0.25) is 0 Å². The van der Waals surface area contributed by atoms with Crippen LogP contribution in [0.4, 0.5) is 4.39 Å². The molecule has 1 amide bonds. The van der Waals surface area contributed by atoms with Crippen molar-refractivity contribution in [3.8, 4) is 5.69 Å². The molecule has 0 spiro atoms. The zero-order valence-corrected chi connectivity index (χ0v) is 12.8. The molecule has 0 saturated carbocycles. The molecule has 116 valence electrons. The van der Waals surface area contributed by atoms with Gasteiger partial charge >= 0.3 is 0 Å². The molecule has 1 fully saturated rings. The highest BCUT2D eigenvalue weighted by Crippen LogP contribution is 2.20. The van der Waals surface area contributed by atoms with Crippen molar-refractivity contribution in [2.45, 2.75) is 39.2 Å². The van der Waals surface area contributed by atoms with Crippen molar-refractivity contribution in [2.24, 2.45) is 0 Å². The summed E-state index contributed by atoms with van der Waals surface area (Å²) in [6, 6.07) is 6.11. The standard InChI is InChI=1S/C16H19FN4O/c1-11-5-3-4-10-20(11)16(22)15-12(2)18-21(19-15)14-8-6-13(17)7-9-14/h6-9,11H,3-5,10H2,1-2H3/t11-/m0/s1. The second-order valence-electron chi connectivity index (χ2n) is 5.74. The van der Waals surface area contributed by atoms with Gasteiger partial charge in [0.1, 0.15) is 5.82 Å². The van der Waals surface area contributed by atoms with Crippen LogP contribution in [0.5, 0.6) is 0 Å². The number of amides is 1. The summed E-state index contributed by atoms with van der Waals surface area (Å²) in [5.74, 6) is -0.385. The average Bonchev–Trinajstić information content (AvgIpc) is 2.90. The van der Waals surface area contributed by atoms with E-state index in [2.05, 4.69) is 17.1 Å². The van der Waals surface area contributed by atoms with E-state index in [0.717, 1.165) is 25.8 Å². The molecule has 1 saturated heterocycles. The number of benzene rings is 1. The van der Waals surface area contributed by atoms with Crippen molar-refractivity contribution in [1.82, 2.24) is 19.9 Å². The lowest BCUT2D eigenvalue weighted by Gasteiger charge is -2.32. The minimum Gasteiger partial charge on any atom is -0.334 e. The van der Waals surface area contributed by atoms with Crippen molar-refractivity contribution in [3.63, 3.8) is 0 Å². The summed E-state index contributed by atoms with van der Waals surface area (Å²) in [6.45, 7) is 4.61. The van der Waals surface area contributed by atoms with Crippen molar-refractivity contribution >= 4 is 5.91 Å². The first-order chi connectivity index (χ1) is 10.6. The Bertz CT molecular complexity index is 680. The molecular weight excluding hydrogens is 283 g/mol. The molecule has 1 atom stereocenters. The monoisotopic (exact) mass is 302 g/mol. The number of hydrogen-bond donors (Lipinski definition) is 0. The van der Waals surface area contributed by atoms with Crippen LogP contribution in [0.1, 0.15) is 42.4 Å². The second kappa shape index (κ2) is 5.87. The summed E-state index contributed by atoms with van der Waals surface area (Å²) in [5, 5.41) is 8.60. The Labute approximate surface area is 128 Å². The van der Waals surface area contributed by atoms with Gasteiger partial charge in [0.15, 0.2) is 5.69 Å². The molecule has 5 nitrogen and oxygen atoms in total. The van der Waals surface area contributed by atoms with Gasteiger partial charge < -0.3 is 4.90 Å². The lowest BCUT2D eigenvalue weighted by atomic mass is 10.0. The maximum Gasteiger partial charge on any atom is 0.276 e. The minimum atomic E-state index is -0.314. The van der Waals surface area contributed by atoms with E-state index in [1.54, 1.807) is 19.1 Å². The molecular formula is C16H19FN4O. The molecule has 0 bridgehead atoms. The Morgan fingerprint density at radius 1 is 1.23 bits per heavy atom. The summed E-state index contributed by atoms with van der Waals surface area (Å²) >= 11 is 0. The number of piperidine rings is 1. The first-order valence-corrected chi connectivity index (χ1v) is 7.57. The highest BCUT2D eigenvalue weighted by Gasteiger charge is 2.27. The van der Waals surface area contributed by atoms with Crippen LogP contribution < -0.4 is 0 Å². The normalized spacial score (nSPS) is 18.5. The fourth-order valence-corrected chi connectivity index (χ4v) is 2.80. The zero-order chi connectivity index (χ0) is 15.7. The summed E-state index contributed by atoms with van der Waals surface area (Å²) in [7, 11) is 0. The smallest absolute Gasteiger partial charge is 0.276 e. The Morgan fingerprint density at radius 3 is 2.64 bits per heavy atom. The number of carbonyl (C=O) groups is 1. The molecule has 2 heterocycles. The highest BCUT2D eigenvalue weighted by molar-refractivity contribution is 5.93. The Morgan fingerprint density at radius 2 is 1.95 bits per heavy atom. The fraction of sp³-hybridized carbons (Fsp3) is 0.438. The Hall–Kier alpha value is -2.24. The van der Waals surface area contributed by atoms with Crippen LogP contribution in [-0.4, -0.2) is 38.4 Å². The molecule has 2 aromatic rings. The van der Waals surface area contributed by atoms with Gasteiger partial charge in [-0.1, -0.05) is 0 Å². The zero-order valence-electron chi connectivity index (χ0n) is 12.8. The number of aromatic nitrogens is 3. The number of nitrogens with zero attached hydrogens (tertiary/aromatic N) is 4. The van der Waals surface area contributed by atoms with E-state index < -0.39 is 0 Å². The molecule has 1 aliphatic heterocycles. The SMILES string of the molecule is Cc1nn(-c2ccc(F)cc2)nc1C(=O)N1CCCC[C@@H]1C. The summed E-state index contributed by atoms with van der Waals surface area (Å²) in [5.41, 5.74) is 1.60. The largest absolute Gasteiger partial charge is 0.334 e. The molecule has 0 N–H and O–H groups in total. The summed E-state index contributed by atoms with van der Waals surface area (Å²) in [4.78, 5) is 15.9. The molecule has 1 aromatic carbocycles. The van der Waals surface area contributed by atoms with E-state index in [4.69, 9.17) is 0 Å². The van der Waals surface area contributed by atoms with Gasteiger partial charge in [-0.05, 0) is 57.4 Å². The van der Waals surface area contributed by atoms with Gasteiger partial charge in [-0.2, -0.15) is 9.90 Å². The number of hydrogen-bond acceptors (Lipinski definition) is 3. The molecule has 1 aliphatic rings. The molecule has 3 rings (SSSR count). The van der Waals surface area contributed by atoms with Crippen molar-refractivity contribution in [2.75, 3.05) is 6.54 Å². The van der Waals surface area contributed by atoms with Gasteiger partial charge in [-0.3, -0.25) is 4.79 Å². The average molecular weight is 302 g/mol. The Kier molecular flexibility index (Phi) is 3.92. The van der Waals surface area contributed by atoms with Gasteiger partial charge in [0.2, 0.25) is 0 Å². The number of aryl methyl sites for hydroxylation is 1. The third-order valence-electron chi connectivity index (χ3n) is 4.11. The number of halogens is 1. The van der Waals surface area contributed by atoms with Crippen LogP contribution in [-0.2, 0) is 0 Å². The molecule has 0 aliphatic carbocycles. The lowest BCUT2D eigenvalue weighted by Crippen LogP contribution is -2.42. The molecule has 6 heteroatoms. The number of rotatable bonds is 2. The third-order valence-corrected chi connectivity index (χ3v) is 4.11. The topological polar surface area (TPSA) is 51.0 Å². The highest BCUT2D eigenvalue weighted by atomic mass is 19.1. The van der Waals surface area contributed by atoms with Gasteiger partial charge in [0.05, 0.1) is 11.4 Å². The van der Waals surface area contributed by atoms with Crippen LogP contribution in [0.15, 0.2) is 24.3 Å². The van der Waals surface area contributed by atoms with E-state index in [0.29, 0.717) is 17.1 Å². The van der Waals surface area contributed by atoms with E-state index in [9.17, 15) is 9.18 Å². The maximum absolute atomic E-state index is 13.0. The van der Waals surface area contributed by atoms with Crippen LogP contribution >= 0.6 is 0 Å². The number of likely N-dealkylation sites (tertiary alicyclic amines) is 1. The Balaban J connectivity index is 1.88. The van der Waals surface area contributed by atoms with Gasteiger partial charge in [-0.25, -0.2) is 4.39 Å². The predicted octanol–water partition coefficient (Wildman–Crippen LogP) is 2.73. The maximum atomic E-state index is 13.0. The van der Waals surface area contributed by atoms with Gasteiger partial charge in [0, 0.05) is 12.6 Å². The van der Waals surface area contributed by atoms with Crippen LogP contribution in [0.25, 0.3) is 5.69 Å². The van der Waals surface area contributed by atoms with Crippen LogP contribution in [0.3, 0.4) is 0 Å². The summed E-state index contributed by atoms with van der Waals surface area (Å²) in [6.07, 6.45) is 3.21. The van der Waals surface area contributed by atoms with Crippen molar-refractivity contribution < 1.29 is 9.18 Å². The van der Waals surface area contributed by atoms with Crippen LogP contribution in [0, 0.1) is 12.7 Å². The predicted molar refractivity (Wildman–Crippen MR) is 80.4 cm³/mol. The lowest BCUT2D eigenvalue weighted by molar-refractivity contribution is 0.0628. The van der Waals surface area contributed by atoms with Crippen molar-refractivity contribution in [3.05, 3.63) is 41.5 Å². The van der Waals surface area contributed by atoms with Crippen molar-refractivity contribution in [1.29, 1.82) is 0 Å².